The summed E-state index contributed by atoms with van der Waals surface area (Å²) in [5.41, 5.74) is 0. The van der Waals surface area contributed by atoms with Crippen LogP contribution in [0.25, 0.3) is 0 Å². The van der Waals surface area contributed by atoms with E-state index in [0.717, 1.165) is 19.4 Å². The monoisotopic (exact) mass is 322 g/mol. The first-order chi connectivity index (χ1) is 9.15. The summed E-state index contributed by atoms with van der Waals surface area (Å²) in [5, 5.41) is 6.05. The van der Waals surface area contributed by atoms with Crippen LogP contribution in [0.1, 0.15) is 12.8 Å². The molecule has 1 aromatic carbocycles. The van der Waals surface area contributed by atoms with Gasteiger partial charge in [0.1, 0.15) is 11.6 Å². The van der Waals surface area contributed by atoms with Crippen LogP contribution >= 0.6 is 24.0 Å². The minimum atomic E-state index is -0.509. The molecule has 112 valence electrons. The third-order valence-corrected chi connectivity index (χ3v) is 3.26. The van der Waals surface area contributed by atoms with Gasteiger partial charge in [-0.3, -0.25) is 4.79 Å². The zero-order valence-electron chi connectivity index (χ0n) is 10.8. The van der Waals surface area contributed by atoms with E-state index >= 15 is 0 Å². The van der Waals surface area contributed by atoms with Crippen LogP contribution in [-0.2, 0) is 4.79 Å². The zero-order chi connectivity index (χ0) is 13.7. The van der Waals surface area contributed by atoms with Crippen LogP contribution in [-0.4, -0.2) is 31.6 Å². The van der Waals surface area contributed by atoms with Crippen molar-refractivity contribution >= 4 is 29.9 Å². The summed E-state index contributed by atoms with van der Waals surface area (Å²) >= 11 is 5.61. The van der Waals surface area contributed by atoms with Crippen LogP contribution in [0.2, 0.25) is 5.02 Å². The summed E-state index contributed by atoms with van der Waals surface area (Å²) in [6.07, 6.45) is 2.22. The summed E-state index contributed by atoms with van der Waals surface area (Å²) in [5.74, 6) is -0.333. The van der Waals surface area contributed by atoms with E-state index in [1.807, 2.05) is 0 Å². The smallest absolute Gasteiger partial charge is 0.257 e. The quantitative estimate of drug-likeness (QED) is 0.873. The van der Waals surface area contributed by atoms with Crippen LogP contribution in [0.4, 0.5) is 4.39 Å². The van der Waals surface area contributed by atoms with Crippen molar-refractivity contribution in [2.75, 3.05) is 19.7 Å². The molecule has 0 aliphatic carbocycles. The Morgan fingerprint density at radius 3 is 3.00 bits per heavy atom. The Kier molecular flexibility index (Phi) is 7.05. The fourth-order valence-electron chi connectivity index (χ4n) is 1.93. The van der Waals surface area contributed by atoms with Gasteiger partial charge in [0.25, 0.3) is 5.91 Å². The van der Waals surface area contributed by atoms with E-state index < -0.39 is 5.82 Å². The van der Waals surface area contributed by atoms with Gasteiger partial charge < -0.3 is 15.4 Å². The Morgan fingerprint density at radius 2 is 2.35 bits per heavy atom. The van der Waals surface area contributed by atoms with Crippen molar-refractivity contribution < 1.29 is 13.9 Å². The maximum atomic E-state index is 12.9. The first-order valence-corrected chi connectivity index (χ1v) is 6.61. The molecule has 2 N–H and O–H groups in total. The fourth-order valence-corrected chi connectivity index (χ4v) is 2.11. The number of amides is 1. The molecule has 1 aromatic rings. The molecule has 0 spiro atoms. The lowest BCUT2D eigenvalue weighted by molar-refractivity contribution is -0.123. The van der Waals surface area contributed by atoms with Gasteiger partial charge in [0.2, 0.25) is 0 Å². The van der Waals surface area contributed by atoms with Gasteiger partial charge in [-0.25, -0.2) is 4.39 Å². The van der Waals surface area contributed by atoms with Gasteiger partial charge in [-0.15, -0.1) is 12.4 Å². The lowest BCUT2D eigenvalue weighted by atomic mass is 10.2. The molecule has 0 bridgehead atoms. The van der Waals surface area contributed by atoms with Crippen LogP contribution in [0.3, 0.4) is 0 Å². The second kappa shape index (κ2) is 8.29. The zero-order valence-corrected chi connectivity index (χ0v) is 12.4. The first-order valence-electron chi connectivity index (χ1n) is 6.23. The largest absolute Gasteiger partial charge is 0.484 e. The topological polar surface area (TPSA) is 50.4 Å². The second-order valence-corrected chi connectivity index (χ2v) is 4.87. The highest BCUT2D eigenvalue weighted by Gasteiger charge is 2.14. The van der Waals surface area contributed by atoms with Gasteiger partial charge in [0.05, 0.1) is 5.02 Å². The number of halogens is 3. The van der Waals surface area contributed by atoms with Crippen molar-refractivity contribution in [3.8, 4) is 5.75 Å². The van der Waals surface area contributed by atoms with E-state index in [4.69, 9.17) is 16.3 Å². The highest BCUT2D eigenvalue weighted by Crippen LogP contribution is 2.20. The van der Waals surface area contributed by atoms with Crippen molar-refractivity contribution in [1.29, 1.82) is 0 Å². The molecule has 0 saturated carbocycles. The molecule has 1 saturated heterocycles. The van der Waals surface area contributed by atoms with Crippen LogP contribution in [0.15, 0.2) is 18.2 Å². The molecule has 2 rings (SSSR count). The summed E-state index contributed by atoms with van der Waals surface area (Å²) in [7, 11) is 0. The predicted molar refractivity (Wildman–Crippen MR) is 78.2 cm³/mol. The molecule has 4 nitrogen and oxygen atoms in total. The Labute approximate surface area is 128 Å². The molecular formula is C13H17Cl2FN2O2. The Morgan fingerprint density at radius 1 is 1.55 bits per heavy atom. The normalized spacial score (nSPS) is 17.4. The SMILES string of the molecule is Cl.O=C(COc1ccc(F)c(Cl)c1)NCC1CCCN1. The number of carbonyl (C=O) groups is 1. The van der Waals surface area contributed by atoms with Gasteiger partial charge in [0.15, 0.2) is 6.61 Å². The van der Waals surface area contributed by atoms with Crippen molar-refractivity contribution in [1.82, 2.24) is 10.6 Å². The van der Waals surface area contributed by atoms with Crippen LogP contribution in [0.5, 0.6) is 5.75 Å². The maximum Gasteiger partial charge on any atom is 0.257 e. The summed E-state index contributed by atoms with van der Waals surface area (Å²) in [6.45, 7) is 1.51. The van der Waals surface area contributed by atoms with E-state index in [0.29, 0.717) is 18.3 Å². The van der Waals surface area contributed by atoms with Crippen molar-refractivity contribution in [2.24, 2.45) is 0 Å². The Bertz CT molecular complexity index is 454. The van der Waals surface area contributed by atoms with Gasteiger partial charge in [-0.2, -0.15) is 0 Å². The molecular weight excluding hydrogens is 306 g/mol. The number of hydrogen-bond donors (Lipinski definition) is 2. The summed E-state index contributed by atoms with van der Waals surface area (Å²) in [6, 6.07) is 4.34. The second-order valence-electron chi connectivity index (χ2n) is 4.46. The summed E-state index contributed by atoms with van der Waals surface area (Å²) in [4.78, 5) is 11.6. The molecule has 1 amide bonds. The highest BCUT2D eigenvalue weighted by molar-refractivity contribution is 6.30. The predicted octanol–water partition coefficient (Wildman–Crippen LogP) is 2.15. The van der Waals surface area contributed by atoms with Gasteiger partial charge in [-0.05, 0) is 31.5 Å². The van der Waals surface area contributed by atoms with Crippen LogP contribution in [0, 0.1) is 5.82 Å². The molecule has 7 heteroatoms. The van der Waals surface area contributed by atoms with Crippen molar-refractivity contribution in [3.05, 3.63) is 29.0 Å². The van der Waals surface area contributed by atoms with Gasteiger partial charge in [-0.1, -0.05) is 11.6 Å². The maximum absolute atomic E-state index is 12.9. The average molecular weight is 323 g/mol. The summed E-state index contributed by atoms with van der Waals surface area (Å²) < 4.78 is 18.2. The third kappa shape index (κ3) is 5.15. The number of nitrogens with one attached hydrogen (secondary N) is 2. The van der Waals surface area contributed by atoms with E-state index in [1.165, 1.54) is 18.2 Å². The number of benzene rings is 1. The minimum absolute atomic E-state index is 0. The first kappa shape index (κ1) is 17.0. The Balaban J connectivity index is 0.00000200. The third-order valence-electron chi connectivity index (χ3n) is 2.97. The average Bonchev–Trinajstić information content (AvgIpc) is 2.91. The number of carbonyl (C=O) groups excluding carboxylic acids is 1. The molecule has 0 radical (unpaired) electrons. The molecule has 1 heterocycles. The van der Waals surface area contributed by atoms with Gasteiger partial charge in [0, 0.05) is 18.7 Å². The number of hydrogen-bond acceptors (Lipinski definition) is 3. The van der Waals surface area contributed by atoms with E-state index in [1.54, 1.807) is 0 Å². The van der Waals surface area contributed by atoms with E-state index in [2.05, 4.69) is 10.6 Å². The molecule has 0 aromatic heterocycles. The molecule has 1 unspecified atom stereocenters. The fraction of sp³-hybridized carbons (Fsp3) is 0.462. The number of ether oxygens (including phenoxy) is 1. The highest BCUT2D eigenvalue weighted by atomic mass is 35.5. The standard InChI is InChI=1S/C13H16ClFN2O2.ClH/c14-11-6-10(3-4-12(11)15)19-8-13(18)17-7-9-2-1-5-16-9;/h3-4,6,9,16H,1-2,5,7-8H2,(H,17,18);1H. The van der Waals surface area contributed by atoms with Crippen molar-refractivity contribution in [2.45, 2.75) is 18.9 Å². The van der Waals surface area contributed by atoms with Gasteiger partial charge >= 0.3 is 0 Å². The van der Waals surface area contributed by atoms with Crippen molar-refractivity contribution in [3.63, 3.8) is 0 Å². The number of rotatable bonds is 5. The molecule has 1 aliphatic rings. The molecule has 1 aliphatic heterocycles. The lowest BCUT2D eigenvalue weighted by Crippen LogP contribution is -2.39. The molecule has 1 atom stereocenters. The Hall–Kier alpha value is -1.04. The lowest BCUT2D eigenvalue weighted by Gasteiger charge is -2.12. The van der Waals surface area contributed by atoms with E-state index in [-0.39, 0.29) is 29.9 Å². The van der Waals surface area contributed by atoms with E-state index in [9.17, 15) is 9.18 Å². The minimum Gasteiger partial charge on any atom is -0.484 e. The van der Waals surface area contributed by atoms with Crippen LogP contribution < -0.4 is 15.4 Å². The molecule has 1 fully saturated rings. The molecule has 20 heavy (non-hydrogen) atoms.